The van der Waals surface area contributed by atoms with Crippen molar-refractivity contribution in [3.8, 4) is 0 Å². The molecule has 0 aliphatic rings. The molecule has 112 valence electrons. The maximum absolute atomic E-state index is 13.6. The smallest absolute Gasteiger partial charge is 0.142 e. The molecular formula is C15H11Cl3F2O. The molecule has 0 aliphatic carbocycles. The van der Waals surface area contributed by atoms with E-state index < -0.39 is 17.2 Å². The van der Waals surface area contributed by atoms with E-state index in [0.29, 0.717) is 5.56 Å². The van der Waals surface area contributed by atoms with Crippen molar-refractivity contribution < 1.29 is 13.9 Å². The Labute approximate surface area is 136 Å². The lowest BCUT2D eigenvalue weighted by atomic mass is 9.89. The minimum atomic E-state index is -1.53. The molecule has 6 heteroatoms. The van der Waals surface area contributed by atoms with Gasteiger partial charge in [-0.3, -0.25) is 0 Å². The molecule has 1 N–H and O–H groups in total. The SMILES string of the molecule is CC(O)(Cc1cccc(F)c1Cl)c1cc(F)c(Cl)cc1Cl. The predicted molar refractivity (Wildman–Crippen MR) is 81.1 cm³/mol. The minimum absolute atomic E-state index is 0.0234. The van der Waals surface area contributed by atoms with Crippen molar-refractivity contribution >= 4 is 34.8 Å². The third-order valence-corrected chi connectivity index (χ3v) is 4.18. The van der Waals surface area contributed by atoms with Crippen LogP contribution in [0.15, 0.2) is 30.3 Å². The molecule has 0 fully saturated rings. The highest BCUT2D eigenvalue weighted by atomic mass is 35.5. The van der Waals surface area contributed by atoms with E-state index in [4.69, 9.17) is 34.8 Å². The van der Waals surface area contributed by atoms with Gasteiger partial charge in [-0.15, -0.1) is 0 Å². The van der Waals surface area contributed by atoms with Crippen molar-refractivity contribution in [3.63, 3.8) is 0 Å². The lowest BCUT2D eigenvalue weighted by Crippen LogP contribution is -2.25. The first-order valence-corrected chi connectivity index (χ1v) is 7.16. The molecule has 1 unspecified atom stereocenters. The summed E-state index contributed by atoms with van der Waals surface area (Å²) in [5.41, 5.74) is -0.973. The molecule has 0 bridgehead atoms. The summed E-state index contributed by atoms with van der Waals surface area (Å²) in [6.07, 6.45) is -0.0234. The summed E-state index contributed by atoms with van der Waals surface area (Å²) in [5, 5.41) is 10.5. The Morgan fingerprint density at radius 1 is 1.05 bits per heavy atom. The van der Waals surface area contributed by atoms with Gasteiger partial charge in [-0.25, -0.2) is 8.78 Å². The highest BCUT2D eigenvalue weighted by molar-refractivity contribution is 6.35. The van der Waals surface area contributed by atoms with Gasteiger partial charge in [-0.1, -0.05) is 46.9 Å². The van der Waals surface area contributed by atoms with E-state index in [0.717, 1.165) is 6.07 Å². The third-order valence-electron chi connectivity index (χ3n) is 3.16. The van der Waals surface area contributed by atoms with Crippen LogP contribution in [0.3, 0.4) is 0 Å². The van der Waals surface area contributed by atoms with Crippen molar-refractivity contribution in [3.05, 3.63) is 68.2 Å². The van der Waals surface area contributed by atoms with Gasteiger partial charge in [0.1, 0.15) is 11.6 Å². The molecule has 1 nitrogen and oxygen atoms in total. The highest BCUT2D eigenvalue weighted by Crippen LogP contribution is 2.35. The summed E-state index contributed by atoms with van der Waals surface area (Å²) >= 11 is 17.5. The zero-order chi connectivity index (χ0) is 15.8. The molecule has 21 heavy (non-hydrogen) atoms. The average Bonchev–Trinajstić information content (AvgIpc) is 2.39. The van der Waals surface area contributed by atoms with Gasteiger partial charge in [0.25, 0.3) is 0 Å². The van der Waals surface area contributed by atoms with Crippen LogP contribution >= 0.6 is 34.8 Å². The molecule has 2 rings (SSSR count). The summed E-state index contributed by atoms with van der Waals surface area (Å²) in [5.74, 6) is -1.28. The lowest BCUT2D eigenvalue weighted by Gasteiger charge is -2.26. The van der Waals surface area contributed by atoms with Gasteiger partial charge >= 0.3 is 0 Å². The summed E-state index contributed by atoms with van der Waals surface area (Å²) in [6, 6.07) is 6.57. The first kappa shape index (κ1) is 16.5. The molecule has 0 saturated heterocycles. The van der Waals surface area contributed by atoms with Gasteiger partial charge in [-0.05, 0) is 30.7 Å². The fourth-order valence-corrected chi connectivity index (χ4v) is 2.87. The van der Waals surface area contributed by atoms with Crippen LogP contribution in [0.4, 0.5) is 8.78 Å². The van der Waals surface area contributed by atoms with Gasteiger partial charge in [0.15, 0.2) is 0 Å². The fraction of sp³-hybridized carbons (Fsp3) is 0.200. The Kier molecular flexibility index (Phi) is 4.79. The summed E-state index contributed by atoms with van der Waals surface area (Å²) < 4.78 is 27.0. The topological polar surface area (TPSA) is 20.2 Å². The van der Waals surface area contributed by atoms with Crippen molar-refractivity contribution in [2.45, 2.75) is 18.9 Å². The van der Waals surface area contributed by atoms with Crippen LogP contribution in [0, 0.1) is 11.6 Å². The number of benzene rings is 2. The second-order valence-electron chi connectivity index (χ2n) is 4.91. The quantitative estimate of drug-likeness (QED) is 0.737. The maximum Gasteiger partial charge on any atom is 0.142 e. The zero-order valence-electron chi connectivity index (χ0n) is 10.9. The Hall–Kier alpha value is -0.870. The summed E-state index contributed by atoms with van der Waals surface area (Å²) in [6.45, 7) is 1.45. The van der Waals surface area contributed by atoms with Crippen molar-refractivity contribution in [1.82, 2.24) is 0 Å². The maximum atomic E-state index is 13.6. The normalized spacial score (nSPS) is 14.0. The first-order valence-electron chi connectivity index (χ1n) is 6.02. The minimum Gasteiger partial charge on any atom is -0.385 e. The van der Waals surface area contributed by atoms with Crippen LogP contribution in [0.1, 0.15) is 18.1 Å². The van der Waals surface area contributed by atoms with Gasteiger partial charge in [0.05, 0.1) is 15.6 Å². The van der Waals surface area contributed by atoms with Gasteiger partial charge < -0.3 is 5.11 Å². The fourth-order valence-electron chi connectivity index (χ4n) is 2.09. The second kappa shape index (κ2) is 6.09. The zero-order valence-corrected chi connectivity index (χ0v) is 13.2. The van der Waals surface area contributed by atoms with E-state index in [1.165, 1.54) is 25.1 Å². The predicted octanol–water partition coefficient (Wildman–Crippen LogP) is 5.38. The molecule has 0 aliphatic heterocycles. The number of halogens is 5. The average molecular weight is 352 g/mol. The second-order valence-corrected chi connectivity index (χ2v) is 6.10. The van der Waals surface area contributed by atoms with Crippen molar-refractivity contribution in [1.29, 1.82) is 0 Å². The van der Waals surface area contributed by atoms with Crippen LogP contribution in [-0.4, -0.2) is 5.11 Å². The van der Waals surface area contributed by atoms with E-state index in [9.17, 15) is 13.9 Å². The molecule has 0 radical (unpaired) electrons. The van der Waals surface area contributed by atoms with Crippen molar-refractivity contribution in [2.75, 3.05) is 0 Å². The van der Waals surface area contributed by atoms with Gasteiger partial charge in [-0.2, -0.15) is 0 Å². The number of hydrogen-bond donors (Lipinski definition) is 1. The molecule has 0 saturated carbocycles. The van der Waals surface area contributed by atoms with E-state index in [-0.39, 0.29) is 27.1 Å². The molecular weight excluding hydrogens is 341 g/mol. The van der Waals surface area contributed by atoms with E-state index in [1.54, 1.807) is 6.07 Å². The lowest BCUT2D eigenvalue weighted by molar-refractivity contribution is 0.0574. The largest absolute Gasteiger partial charge is 0.385 e. The molecule has 1 atom stereocenters. The third kappa shape index (κ3) is 3.49. The Morgan fingerprint density at radius 2 is 1.71 bits per heavy atom. The first-order chi connectivity index (χ1) is 9.72. The molecule has 0 heterocycles. The number of rotatable bonds is 3. The van der Waals surface area contributed by atoms with E-state index in [2.05, 4.69) is 0 Å². The summed E-state index contributed by atoms with van der Waals surface area (Å²) in [4.78, 5) is 0. The molecule has 2 aromatic carbocycles. The monoisotopic (exact) mass is 350 g/mol. The number of hydrogen-bond acceptors (Lipinski definition) is 1. The van der Waals surface area contributed by atoms with Crippen molar-refractivity contribution in [2.24, 2.45) is 0 Å². The summed E-state index contributed by atoms with van der Waals surface area (Å²) in [7, 11) is 0. The standard InChI is InChI=1S/C15H11Cl3F2O/c1-15(21,7-8-3-2-4-12(19)14(8)18)9-5-13(20)11(17)6-10(9)16/h2-6,21H,7H2,1H3. The Morgan fingerprint density at radius 3 is 2.38 bits per heavy atom. The van der Waals surface area contributed by atoms with Crippen LogP contribution in [0.25, 0.3) is 0 Å². The number of aliphatic hydroxyl groups is 1. The molecule has 0 spiro atoms. The van der Waals surface area contributed by atoms with Crippen LogP contribution in [0.2, 0.25) is 15.1 Å². The van der Waals surface area contributed by atoms with E-state index in [1.807, 2.05) is 0 Å². The highest BCUT2D eigenvalue weighted by Gasteiger charge is 2.28. The van der Waals surface area contributed by atoms with Crippen LogP contribution in [-0.2, 0) is 12.0 Å². The van der Waals surface area contributed by atoms with Gasteiger partial charge in [0, 0.05) is 17.0 Å². The van der Waals surface area contributed by atoms with Crippen LogP contribution in [0.5, 0.6) is 0 Å². The van der Waals surface area contributed by atoms with Gasteiger partial charge in [0.2, 0.25) is 0 Å². The Bertz CT molecular complexity index is 687. The molecule has 0 aromatic heterocycles. The molecule has 2 aromatic rings. The Balaban J connectivity index is 2.43. The molecule has 0 amide bonds. The van der Waals surface area contributed by atoms with E-state index >= 15 is 0 Å². The van der Waals surface area contributed by atoms with Crippen LogP contribution < -0.4 is 0 Å².